The fourth-order valence-electron chi connectivity index (χ4n) is 5.00. The summed E-state index contributed by atoms with van der Waals surface area (Å²) >= 11 is 0. The summed E-state index contributed by atoms with van der Waals surface area (Å²) in [4.78, 5) is 15.3. The van der Waals surface area contributed by atoms with Gasteiger partial charge < -0.3 is 9.47 Å². The Morgan fingerprint density at radius 1 is 0.971 bits per heavy atom. The number of aryl methyl sites for hydroxylation is 1. The van der Waals surface area contributed by atoms with E-state index >= 15 is 0 Å². The van der Waals surface area contributed by atoms with E-state index in [4.69, 9.17) is 0 Å². The predicted octanol–water partition coefficient (Wildman–Crippen LogP) is 6.30. The summed E-state index contributed by atoms with van der Waals surface area (Å²) in [5, 5.41) is 0.948. The van der Waals surface area contributed by atoms with Gasteiger partial charge in [-0.1, -0.05) is 60.7 Å². The second kappa shape index (κ2) is 8.67. The van der Waals surface area contributed by atoms with Crippen molar-refractivity contribution in [2.45, 2.75) is 31.5 Å². The number of amides is 1. The van der Waals surface area contributed by atoms with Crippen molar-refractivity contribution < 1.29 is 18.0 Å². The summed E-state index contributed by atoms with van der Waals surface area (Å²) in [7, 11) is 1.92. The first-order valence-corrected chi connectivity index (χ1v) is 11.4. The Morgan fingerprint density at radius 3 is 2.50 bits per heavy atom. The molecule has 0 radical (unpaired) electrons. The molecule has 0 spiro atoms. The normalized spacial score (nSPS) is 14.8. The minimum absolute atomic E-state index is 0.0511. The maximum Gasteiger partial charge on any atom is 0.416 e. The smallest absolute Gasteiger partial charge is 0.350 e. The molecule has 1 aliphatic rings. The quantitative estimate of drug-likeness (QED) is 0.349. The van der Waals surface area contributed by atoms with Crippen molar-refractivity contribution in [2.24, 2.45) is 7.05 Å². The van der Waals surface area contributed by atoms with Crippen LogP contribution in [0.4, 0.5) is 13.2 Å². The zero-order chi connectivity index (χ0) is 23.9. The number of halogens is 3. The van der Waals surface area contributed by atoms with Crippen molar-refractivity contribution >= 4 is 16.8 Å². The number of hydrogen-bond acceptors (Lipinski definition) is 1. The Morgan fingerprint density at radius 2 is 1.71 bits per heavy atom. The lowest BCUT2D eigenvalue weighted by atomic mass is 9.86. The van der Waals surface area contributed by atoms with Crippen LogP contribution in [0.3, 0.4) is 0 Å². The summed E-state index contributed by atoms with van der Waals surface area (Å²) in [6.45, 7) is 1.14. The number of rotatable bonds is 4. The zero-order valence-corrected chi connectivity index (χ0v) is 18.8. The molecular weight excluding hydrogens is 437 g/mol. The molecule has 0 saturated heterocycles. The third kappa shape index (κ3) is 4.20. The first kappa shape index (κ1) is 22.3. The van der Waals surface area contributed by atoms with E-state index in [1.165, 1.54) is 17.7 Å². The first-order valence-electron chi connectivity index (χ1n) is 11.4. The van der Waals surface area contributed by atoms with Gasteiger partial charge >= 0.3 is 6.18 Å². The van der Waals surface area contributed by atoms with Crippen LogP contribution in [0.2, 0.25) is 0 Å². The molecule has 0 unspecified atom stereocenters. The van der Waals surface area contributed by atoms with Gasteiger partial charge in [0.15, 0.2) is 0 Å². The summed E-state index contributed by atoms with van der Waals surface area (Å²) < 4.78 is 42.5. The molecule has 0 bridgehead atoms. The number of aromatic nitrogens is 1. The fourth-order valence-corrected chi connectivity index (χ4v) is 5.00. The number of carbonyl (C=O) groups is 1. The maximum absolute atomic E-state index is 13.5. The molecule has 0 N–H and O–H groups in total. The minimum atomic E-state index is -4.44. The van der Waals surface area contributed by atoms with E-state index < -0.39 is 17.7 Å². The number of hydrogen-bond donors (Lipinski definition) is 0. The zero-order valence-electron chi connectivity index (χ0n) is 18.8. The second-order valence-corrected chi connectivity index (χ2v) is 8.93. The second-order valence-electron chi connectivity index (χ2n) is 8.93. The molecule has 0 aliphatic carbocycles. The van der Waals surface area contributed by atoms with Gasteiger partial charge in [-0.2, -0.15) is 13.2 Å². The third-order valence-corrected chi connectivity index (χ3v) is 6.78. The third-order valence-electron chi connectivity index (χ3n) is 6.78. The summed E-state index contributed by atoms with van der Waals surface area (Å²) in [6.07, 6.45) is -1.61. The molecule has 3 aromatic carbocycles. The Bertz CT molecular complexity index is 1360. The molecule has 4 aromatic rings. The Balaban J connectivity index is 1.53. The molecule has 1 aromatic heterocycles. The largest absolute Gasteiger partial charge is 0.416 e. The van der Waals surface area contributed by atoms with Gasteiger partial charge in [-0.05, 0) is 40.8 Å². The Labute approximate surface area is 196 Å². The number of fused-ring (bicyclic) bond motifs is 2. The highest BCUT2D eigenvalue weighted by atomic mass is 19.4. The molecule has 6 heteroatoms. The summed E-state index contributed by atoms with van der Waals surface area (Å²) in [5.74, 6) is -0.539. The van der Waals surface area contributed by atoms with Crippen LogP contribution < -0.4 is 0 Å². The van der Waals surface area contributed by atoms with Gasteiger partial charge in [0.1, 0.15) is 0 Å². The van der Waals surface area contributed by atoms with E-state index in [0.717, 1.165) is 34.5 Å². The van der Waals surface area contributed by atoms with Crippen LogP contribution >= 0.6 is 0 Å². The number of carbonyl (C=O) groups excluding carboxylic acids is 1. The molecule has 1 atom stereocenters. The average Bonchev–Trinajstić information content (AvgIpc) is 3.18. The van der Waals surface area contributed by atoms with Crippen molar-refractivity contribution in [1.29, 1.82) is 0 Å². The molecule has 0 fully saturated rings. The van der Waals surface area contributed by atoms with Gasteiger partial charge in [-0.15, -0.1) is 0 Å². The van der Waals surface area contributed by atoms with Gasteiger partial charge in [0, 0.05) is 49.6 Å². The lowest BCUT2D eigenvalue weighted by molar-refractivity contribution is -0.137. The molecule has 2 heterocycles. The van der Waals surface area contributed by atoms with Gasteiger partial charge in [-0.3, -0.25) is 4.79 Å². The van der Waals surface area contributed by atoms with Crippen LogP contribution in [0.25, 0.3) is 10.9 Å². The van der Waals surface area contributed by atoms with E-state index in [1.807, 2.05) is 65.2 Å². The van der Waals surface area contributed by atoms with Crippen molar-refractivity contribution in [3.8, 4) is 0 Å². The van der Waals surface area contributed by atoms with Gasteiger partial charge in [0.05, 0.1) is 5.56 Å². The minimum Gasteiger partial charge on any atom is -0.350 e. The molecule has 174 valence electrons. The van der Waals surface area contributed by atoms with E-state index in [0.29, 0.717) is 18.7 Å². The number of alkyl halides is 3. The van der Waals surface area contributed by atoms with Gasteiger partial charge in [-0.25, -0.2) is 0 Å². The van der Waals surface area contributed by atoms with Crippen LogP contribution in [0.1, 0.15) is 40.2 Å². The van der Waals surface area contributed by atoms with Crippen molar-refractivity contribution in [2.75, 3.05) is 6.54 Å². The van der Waals surface area contributed by atoms with E-state index in [9.17, 15) is 18.0 Å². The monoisotopic (exact) mass is 462 g/mol. The topological polar surface area (TPSA) is 25.2 Å². The number of benzene rings is 3. The van der Waals surface area contributed by atoms with Crippen LogP contribution in [0.15, 0.2) is 79.0 Å². The SMILES string of the molecule is Cn1cc([C@H](CC(=O)N2CCc3ccccc3C2)c2cccc(C(F)(F)F)c2)c2ccccc21. The van der Waals surface area contributed by atoms with Crippen LogP contribution in [0, 0.1) is 0 Å². The summed E-state index contributed by atoms with van der Waals surface area (Å²) in [6, 6.07) is 21.3. The number of nitrogens with zero attached hydrogens (tertiary/aromatic N) is 2. The number of para-hydroxylation sites is 1. The van der Waals surface area contributed by atoms with Crippen molar-refractivity contribution in [1.82, 2.24) is 9.47 Å². The first-order chi connectivity index (χ1) is 16.3. The van der Waals surface area contributed by atoms with Crippen molar-refractivity contribution in [3.05, 3.63) is 107 Å². The fraction of sp³-hybridized carbons (Fsp3) is 0.250. The van der Waals surface area contributed by atoms with Crippen LogP contribution in [-0.2, 0) is 31.0 Å². The van der Waals surface area contributed by atoms with Gasteiger partial charge in [0.2, 0.25) is 5.91 Å². The molecule has 3 nitrogen and oxygen atoms in total. The molecule has 0 saturated carbocycles. The standard InChI is InChI=1S/C28H25F3N2O/c1-32-18-25(23-11-4-5-12-26(23)32)24(20-9-6-10-22(15-20)28(29,30)31)16-27(34)33-14-13-19-7-2-3-8-21(19)17-33/h2-12,15,18,24H,13-14,16-17H2,1H3/t24-/m1/s1. The highest BCUT2D eigenvalue weighted by molar-refractivity contribution is 5.86. The maximum atomic E-state index is 13.5. The van der Waals surface area contributed by atoms with E-state index in [-0.39, 0.29) is 12.3 Å². The predicted molar refractivity (Wildman–Crippen MR) is 126 cm³/mol. The molecular formula is C28H25F3N2O. The molecule has 34 heavy (non-hydrogen) atoms. The Kier molecular flexibility index (Phi) is 5.68. The van der Waals surface area contributed by atoms with Crippen LogP contribution in [0.5, 0.6) is 0 Å². The average molecular weight is 463 g/mol. The van der Waals surface area contributed by atoms with Crippen LogP contribution in [-0.4, -0.2) is 21.9 Å². The van der Waals surface area contributed by atoms with E-state index in [2.05, 4.69) is 6.07 Å². The highest BCUT2D eigenvalue weighted by Crippen LogP contribution is 2.38. The molecule has 1 amide bonds. The van der Waals surface area contributed by atoms with Crippen molar-refractivity contribution in [3.63, 3.8) is 0 Å². The highest BCUT2D eigenvalue weighted by Gasteiger charge is 2.32. The van der Waals surface area contributed by atoms with Gasteiger partial charge in [0.25, 0.3) is 0 Å². The summed E-state index contributed by atoms with van der Waals surface area (Å²) in [5.41, 5.74) is 4.02. The molecule has 5 rings (SSSR count). The lowest BCUT2D eigenvalue weighted by Gasteiger charge is -2.30. The Hall–Kier alpha value is -3.54. The lowest BCUT2D eigenvalue weighted by Crippen LogP contribution is -2.36. The molecule has 1 aliphatic heterocycles. The van der Waals surface area contributed by atoms with E-state index in [1.54, 1.807) is 6.07 Å².